The zero-order chi connectivity index (χ0) is 13.8. The highest BCUT2D eigenvalue weighted by atomic mass is 127. The first-order chi connectivity index (χ1) is 9.15. The number of nitrogens with one attached hydrogen (secondary N) is 1. The van der Waals surface area contributed by atoms with Crippen LogP contribution in [0.3, 0.4) is 0 Å². The van der Waals surface area contributed by atoms with Crippen LogP contribution in [0.4, 0.5) is 5.82 Å². The minimum atomic E-state index is 0.695. The molecule has 1 N–H and O–H groups in total. The monoisotopic (exact) mass is 371 g/mol. The van der Waals surface area contributed by atoms with Crippen molar-refractivity contribution >= 4 is 28.4 Å². The van der Waals surface area contributed by atoms with E-state index in [4.69, 9.17) is 0 Å². The number of anilines is 1. The SMILES string of the molecule is CCCc1nc(-c2ccn(C)n2)nc(NCC)c1I. The van der Waals surface area contributed by atoms with E-state index in [0.717, 1.165) is 40.2 Å². The van der Waals surface area contributed by atoms with Crippen LogP contribution in [0.5, 0.6) is 0 Å². The van der Waals surface area contributed by atoms with Crippen molar-refractivity contribution in [1.82, 2.24) is 19.7 Å². The molecule has 0 aliphatic heterocycles. The van der Waals surface area contributed by atoms with E-state index in [1.807, 2.05) is 19.3 Å². The summed E-state index contributed by atoms with van der Waals surface area (Å²) in [7, 11) is 1.90. The highest BCUT2D eigenvalue weighted by Crippen LogP contribution is 2.24. The number of aromatic nitrogens is 4. The smallest absolute Gasteiger partial charge is 0.182 e. The van der Waals surface area contributed by atoms with E-state index < -0.39 is 0 Å². The van der Waals surface area contributed by atoms with Gasteiger partial charge in [-0.3, -0.25) is 4.68 Å². The third-order valence-electron chi connectivity index (χ3n) is 2.69. The van der Waals surface area contributed by atoms with Gasteiger partial charge in [0, 0.05) is 19.8 Å². The van der Waals surface area contributed by atoms with Gasteiger partial charge in [-0.25, -0.2) is 9.97 Å². The minimum Gasteiger partial charge on any atom is -0.369 e. The van der Waals surface area contributed by atoms with Gasteiger partial charge in [0.2, 0.25) is 0 Å². The molecule has 5 nitrogen and oxygen atoms in total. The fourth-order valence-electron chi connectivity index (χ4n) is 1.83. The second-order valence-electron chi connectivity index (χ2n) is 4.31. The number of aryl methyl sites for hydroxylation is 2. The summed E-state index contributed by atoms with van der Waals surface area (Å²) < 4.78 is 2.88. The molecule has 0 saturated heterocycles. The molecule has 0 spiro atoms. The van der Waals surface area contributed by atoms with Crippen LogP contribution in [0.25, 0.3) is 11.5 Å². The van der Waals surface area contributed by atoms with Crippen LogP contribution < -0.4 is 5.32 Å². The molecule has 2 aromatic heterocycles. The summed E-state index contributed by atoms with van der Waals surface area (Å²) in [5.41, 5.74) is 1.91. The van der Waals surface area contributed by atoms with Gasteiger partial charge < -0.3 is 5.32 Å². The Morgan fingerprint density at radius 1 is 1.32 bits per heavy atom. The Kier molecular flexibility index (Phi) is 4.73. The van der Waals surface area contributed by atoms with Crippen LogP contribution in [0.15, 0.2) is 12.3 Å². The lowest BCUT2D eigenvalue weighted by Gasteiger charge is -2.10. The fourth-order valence-corrected chi connectivity index (χ4v) is 2.53. The molecule has 0 aliphatic carbocycles. The maximum atomic E-state index is 4.65. The summed E-state index contributed by atoms with van der Waals surface area (Å²) in [6, 6.07) is 1.94. The molecule has 19 heavy (non-hydrogen) atoms. The first kappa shape index (κ1) is 14.2. The van der Waals surface area contributed by atoms with Gasteiger partial charge in [0.25, 0.3) is 0 Å². The second-order valence-corrected chi connectivity index (χ2v) is 5.39. The van der Waals surface area contributed by atoms with Crippen molar-refractivity contribution in [3.05, 3.63) is 21.5 Å². The molecule has 0 aromatic carbocycles. The van der Waals surface area contributed by atoms with E-state index >= 15 is 0 Å². The Labute approximate surface area is 127 Å². The van der Waals surface area contributed by atoms with Gasteiger partial charge in [-0.1, -0.05) is 13.3 Å². The molecule has 0 aliphatic rings. The van der Waals surface area contributed by atoms with Crippen molar-refractivity contribution in [3.8, 4) is 11.5 Å². The summed E-state index contributed by atoms with van der Waals surface area (Å²) in [5.74, 6) is 1.60. The van der Waals surface area contributed by atoms with Gasteiger partial charge in [0.1, 0.15) is 11.5 Å². The summed E-state index contributed by atoms with van der Waals surface area (Å²) >= 11 is 2.32. The Hall–Kier alpha value is -1.18. The van der Waals surface area contributed by atoms with E-state index in [1.54, 1.807) is 4.68 Å². The molecule has 0 atom stereocenters. The van der Waals surface area contributed by atoms with Gasteiger partial charge in [0.15, 0.2) is 5.82 Å². The van der Waals surface area contributed by atoms with E-state index in [2.05, 4.69) is 56.8 Å². The summed E-state index contributed by atoms with van der Waals surface area (Å²) in [4.78, 5) is 9.24. The van der Waals surface area contributed by atoms with E-state index in [9.17, 15) is 0 Å². The standard InChI is InChI=1S/C13H18IN5/c1-4-6-9-11(14)13(15-5-2)17-12(16-9)10-7-8-19(3)18-10/h7-8H,4-6H2,1-3H3,(H,15,16,17). The Morgan fingerprint density at radius 3 is 2.68 bits per heavy atom. The van der Waals surface area contributed by atoms with E-state index in [1.165, 1.54) is 0 Å². The van der Waals surface area contributed by atoms with Crippen LogP contribution in [0.1, 0.15) is 26.0 Å². The Morgan fingerprint density at radius 2 is 2.11 bits per heavy atom. The van der Waals surface area contributed by atoms with Crippen molar-refractivity contribution in [1.29, 1.82) is 0 Å². The van der Waals surface area contributed by atoms with Crippen LogP contribution in [-0.4, -0.2) is 26.3 Å². The van der Waals surface area contributed by atoms with E-state index in [0.29, 0.717) is 5.82 Å². The molecular weight excluding hydrogens is 353 g/mol. The topological polar surface area (TPSA) is 55.6 Å². The number of rotatable bonds is 5. The first-order valence-electron chi connectivity index (χ1n) is 6.46. The lowest BCUT2D eigenvalue weighted by molar-refractivity contribution is 0.767. The van der Waals surface area contributed by atoms with Crippen LogP contribution in [0, 0.1) is 3.57 Å². The third kappa shape index (κ3) is 3.23. The van der Waals surface area contributed by atoms with Crippen LogP contribution in [0.2, 0.25) is 0 Å². The van der Waals surface area contributed by atoms with Gasteiger partial charge in [0.05, 0.1) is 9.26 Å². The molecule has 102 valence electrons. The highest BCUT2D eigenvalue weighted by Gasteiger charge is 2.13. The molecule has 2 heterocycles. The average molecular weight is 371 g/mol. The molecule has 2 aromatic rings. The molecule has 0 amide bonds. The third-order valence-corrected chi connectivity index (χ3v) is 3.83. The maximum absolute atomic E-state index is 4.65. The molecule has 0 saturated carbocycles. The van der Waals surface area contributed by atoms with E-state index in [-0.39, 0.29) is 0 Å². The molecule has 0 radical (unpaired) electrons. The Bertz CT molecular complexity index is 537. The van der Waals surface area contributed by atoms with Crippen molar-refractivity contribution in [3.63, 3.8) is 0 Å². The normalized spacial score (nSPS) is 10.7. The number of nitrogens with zero attached hydrogens (tertiary/aromatic N) is 4. The quantitative estimate of drug-likeness (QED) is 0.822. The molecule has 0 unspecified atom stereocenters. The lowest BCUT2D eigenvalue weighted by atomic mass is 10.2. The maximum Gasteiger partial charge on any atom is 0.182 e. The van der Waals surface area contributed by atoms with Gasteiger partial charge in [-0.05, 0) is 42.0 Å². The first-order valence-corrected chi connectivity index (χ1v) is 7.53. The van der Waals surface area contributed by atoms with Gasteiger partial charge in [-0.2, -0.15) is 5.10 Å². The zero-order valence-electron chi connectivity index (χ0n) is 11.4. The molecular formula is C13H18IN5. The van der Waals surface area contributed by atoms with Crippen molar-refractivity contribution in [2.45, 2.75) is 26.7 Å². The lowest BCUT2D eigenvalue weighted by Crippen LogP contribution is -2.08. The predicted octanol–water partition coefficient (Wildman–Crippen LogP) is 2.87. The van der Waals surface area contributed by atoms with Crippen molar-refractivity contribution < 1.29 is 0 Å². The largest absolute Gasteiger partial charge is 0.369 e. The molecule has 0 fully saturated rings. The van der Waals surface area contributed by atoms with Crippen LogP contribution >= 0.6 is 22.6 Å². The predicted molar refractivity (Wildman–Crippen MR) is 85.1 cm³/mol. The minimum absolute atomic E-state index is 0.695. The molecule has 0 bridgehead atoms. The van der Waals surface area contributed by atoms with Gasteiger partial charge >= 0.3 is 0 Å². The summed E-state index contributed by atoms with van der Waals surface area (Å²) in [6.45, 7) is 5.07. The Balaban J connectivity index is 2.48. The zero-order valence-corrected chi connectivity index (χ0v) is 13.6. The summed E-state index contributed by atoms with van der Waals surface area (Å²) in [5, 5.41) is 7.67. The molecule has 6 heteroatoms. The number of halogens is 1. The highest BCUT2D eigenvalue weighted by molar-refractivity contribution is 14.1. The second kappa shape index (κ2) is 6.31. The van der Waals surface area contributed by atoms with Crippen molar-refractivity contribution in [2.75, 3.05) is 11.9 Å². The number of hydrogen-bond donors (Lipinski definition) is 1. The van der Waals surface area contributed by atoms with Crippen molar-refractivity contribution in [2.24, 2.45) is 7.05 Å². The van der Waals surface area contributed by atoms with Gasteiger partial charge in [-0.15, -0.1) is 0 Å². The summed E-state index contributed by atoms with van der Waals surface area (Å²) in [6.07, 6.45) is 3.93. The fraction of sp³-hybridized carbons (Fsp3) is 0.462. The number of hydrogen-bond acceptors (Lipinski definition) is 4. The average Bonchev–Trinajstić information content (AvgIpc) is 2.81. The van der Waals surface area contributed by atoms with Crippen LogP contribution in [-0.2, 0) is 13.5 Å². The molecule has 2 rings (SSSR count).